The SMILES string of the molecule is CNC(CSc1cccc(C)c1)Cc1c(Br)c(C)nn1C. The van der Waals surface area contributed by atoms with Crippen LogP contribution in [-0.4, -0.2) is 28.6 Å². The molecule has 0 aliphatic carbocycles. The molecule has 3 nitrogen and oxygen atoms in total. The second-order valence-electron chi connectivity index (χ2n) is 5.29. The maximum atomic E-state index is 4.46. The van der Waals surface area contributed by atoms with Crippen LogP contribution in [0.5, 0.6) is 0 Å². The number of nitrogens with zero attached hydrogens (tertiary/aromatic N) is 2. The van der Waals surface area contributed by atoms with Crippen LogP contribution in [0, 0.1) is 13.8 Å². The number of aromatic nitrogens is 2. The smallest absolute Gasteiger partial charge is 0.0738 e. The highest BCUT2D eigenvalue weighted by atomic mass is 79.9. The summed E-state index contributed by atoms with van der Waals surface area (Å²) in [5, 5.41) is 7.88. The molecule has 0 radical (unpaired) electrons. The average molecular weight is 368 g/mol. The Labute approximate surface area is 139 Å². The van der Waals surface area contributed by atoms with Gasteiger partial charge in [0.05, 0.1) is 15.9 Å². The molecule has 1 atom stereocenters. The van der Waals surface area contributed by atoms with E-state index in [1.54, 1.807) is 0 Å². The van der Waals surface area contributed by atoms with Gasteiger partial charge in [0.1, 0.15) is 0 Å². The lowest BCUT2D eigenvalue weighted by atomic mass is 10.2. The van der Waals surface area contributed by atoms with Crippen LogP contribution in [0.2, 0.25) is 0 Å². The predicted molar refractivity (Wildman–Crippen MR) is 94.1 cm³/mol. The van der Waals surface area contributed by atoms with Crippen molar-refractivity contribution in [1.29, 1.82) is 0 Å². The molecule has 1 aromatic heterocycles. The van der Waals surface area contributed by atoms with Gasteiger partial charge in [0.25, 0.3) is 0 Å². The zero-order valence-electron chi connectivity index (χ0n) is 13.0. The maximum Gasteiger partial charge on any atom is 0.0738 e. The number of benzene rings is 1. The van der Waals surface area contributed by atoms with E-state index in [0.717, 1.165) is 22.3 Å². The zero-order valence-corrected chi connectivity index (χ0v) is 15.4. The van der Waals surface area contributed by atoms with E-state index in [4.69, 9.17) is 0 Å². The summed E-state index contributed by atoms with van der Waals surface area (Å²) in [6.07, 6.45) is 0.966. The van der Waals surface area contributed by atoms with Gasteiger partial charge in [-0.1, -0.05) is 17.7 Å². The van der Waals surface area contributed by atoms with Crippen LogP contribution in [-0.2, 0) is 13.5 Å². The molecule has 0 saturated carbocycles. The van der Waals surface area contributed by atoms with Crippen molar-refractivity contribution in [1.82, 2.24) is 15.1 Å². The first-order valence-corrected chi connectivity index (χ1v) is 8.83. The van der Waals surface area contributed by atoms with Gasteiger partial charge in [-0.15, -0.1) is 11.8 Å². The molecule has 1 heterocycles. The minimum atomic E-state index is 0.418. The molecule has 5 heteroatoms. The quantitative estimate of drug-likeness (QED) is 0.789. The van der Waals surface area contributed by atoms with Gasteiger partial charge in [-0.05, 0) is 49.0 Å². The minimum absolute atomic E-state index is 0.418. The molecule has 1 N–H and O–H groups in total. The topological polar surface area (TPSA) is 29.9 Å². The molecule has 0 spiro atoms. The Morgan fingerprint density at radius 3 is 2.71 bits per heavy atom. The third-order valence-corrected chi connectivity index (χ3v) is 5.74. The summed E-state index contributed by atoms with van der Waals surface area (Å²) in [5.74, 6) is 1.04. The van der Waals surface area contributed by atoms with Gasteiger partial charge in [0.15, 0.2) is 0 Å². The van der Waals surface area contributed by atoms with Crippen LogP contribution in [0.4, 0.5) is 0 Å². The molecule has 0 fully saturated rings. The molecular formula is C16H22BrN3S. The summed E-state index contributed by atoms with van der Waals surface area (Å²) in [7, 11) is 4.03. The van der Waals surface area contributed by atoms with E-state index >= 15 is 0 Å². The number of hydrogen-bond donors (Lipinski definition) is 1. The Morgan fingerprint density at radius 2 is 2.14 bits per heavy atom. The van der Waals surface area contributed by atoms with E-state index < -0.39 is 0 Å². The normalized spacial score (nSPS) is 12.6. The Kier molecular flexibility index (Phi) is 5.90. The van der Waals surface area contributed by atoms with Crippen LogP contribution < -0.4 is 5.32 Å². The van der Waals surface area contributed by atoms with Gasteiger partial charge < -0.3 is 5.32 Å². The van der Waals surface area contributed by atoms with Crippen LogP contribution in [0.15, 0.2) is 33.6 Å². The van der Waals surface area contributed by atoms with Gasteiger partial charge in [0.2, 0.25) is 0 Å². The van der Waals surface area contributed by atoms with Gasteiger partial charge in [-0.25, -0.2) is 0 Å². The first-order chi connectivity index (χ1) is 10.0. The van der Waals surface area contributed by atoms with Crippen molar-refractivity contribution in [2.24, 2.45) is 7.05 Å². The van der Waals surface area contributed by atoms with Crippen LogP contribution in [0.1, 0.15) is 17.0 Å². The summed E-state index contributed by atoms with van der Waals surface area (Å²) < 4.78 is 3.10. The molecule has 114 valence electrons. The third-order valence-electron chi connectivity index (χ3n) is 3.55. The summed E-state index contributed by atoms with van der Waals surface area (Å²) in [6.45, 7) is 4.17. The Hall–Kier alpha value is -0.780. The first-order valence-electron chi connectivity index (χ1n) is 7.06. The predicted octanol–water partition coefficient (Wildman–Crippen LogP) is 3.72. The van der Waals surface area contributed by atoms with Gasteiger partial charge >= 0.3 is 0 Å². The maximum absolute atomic E-state index is 4.46. The molecule has 0 aliphatic rings. The van der Waals surface area contributed by atoms with Crippen molar-refractivity contribution >= 4 is 27.7 Å². The summed E-state index contributed by atoms with van der Waals surface area (Å²) in [5.41, 5.74) is 3.61. The third kappa shape index (κ3) is 4.34. The van der Waals surface area contributed by atoms with Crippen LogP contribution in [0.25, 0.3) is 0 Å². The fourth-order valence-electron chi connectivity index (χ4n) is 2.28. The second kappa shape index (κ2) is 7.47. The number of likely N-dealkylation sites (N-methyl/N-ethyl adjacent to an activating group) is 1. The summed E-state index contributed by atoms with van der Waals surface area (Å²) in [6, 6.07) is 9.08. The van der Waals surface area contributed by atoms with Crippen LogP contribution in [0.3, 0.4) is 0 Å². The lowest BCUT2D eigenvalue weighted by Gasteiger charge is -2.16. The molecule has 0 saturated heterocycles. The average Bonchev–Trinajstić information content (AvgIpc) is 2.69. The monoisotopic (exact) mass is 367 g/mol. The van der Waals surface area contributed by atoms with E-state index in [1.165, 1.54) is 16.2 Å². The van der Waals surface area contributed by atoms with Crippen molar-refractivity contribution in [3.63, 3.8) is 0 Å². The number of rotatable bonds is 6. The number of thioether (sulfide) groups is 1. The van der Waals surface area contributed by atoms with E-state index in [9.17, 15) is 0 Å². The lowest BCUT2D eigenvalue weighted by Crippen LogP contribution is -2.31. The molecule has 1 unspecified atom stereocenters. The van der Waals surface area contributed by atoms with Crippen molar-refractivity contribution in [2.75, 3.05) is 12.8 Å². The number of nitrogens with one attached hydrogen (secondary N) is 1. The standard InChI is InChI=1S/C16H22BrN3S/c1-11-6-5-7-14(8-11)21-10-13(18-3)9-15-16(17)12(2)19-20(15)4/h5-8,13,18H,9-10H2,1-4H3. The van der Waals surface area contributed by atoms with Crippen molar-refractivity contribution < 1.29 is 0 Å². The molecule has 2 aromatic rings. The molecule has 0 aliphatic heterocycles. The lowest BCUT2D eigenvalue weighted by molar-refractivity contribution is 0.580. The van der Waals surface area contributed by atoms with Crippen LogP contribution >= 0.6 is 27.7 Å². The first kappa shape index (κ1) is 16.6. The highest BCUT2D eigenvalue weighted by molar-refractivity contribution is 9.10. The zero-order chi connectivity index (χ0) is 15.4. The fraction of sp³-hybridized carbons (Fsp3) is 0.438. The number of halogens is 1. The van der Waals surface area contributed by atoms with E-state index in [0.29, 0.717) is 6.04 Å². The van der Waals surface area contributed by atoms with E-state index in [-0.39, 0.29) is 0 Å². The van der Waals surface area contributed by atoms with Crippen molar-refractivity contribution in [3.8, 4) is 0 Å². The highest BCUT2D eigenvalue weighted by Crippen LogP contribution is 2.24. The number of aryl methyl sites for hydroxylation is 3. The summed E-state index contributed by atoms with van der Waals surface area (Å²) >= 11 is 5.54. The molecule has 2 rings (SSSR count). The molecule has 1 aromatic carbocycles. The number of hydrogen-bond acceptors (Lipinski definition) is 3. The second-order valence-corrected chi connectivity index (χ2v) is 7.17. The molecule has 0 bridgehead atoms. The molecule has 0 amide bonds. The van der Waals surface area contributed by atoms with E-state index in [2.05, 4.69) is 57.5 Å². The fourth-order valence-corrected chi connectivity index (χ4v) is 3.90. The minimum Gasteiger partial charge on any atom is -0.316 e. The van der Waals surface area contributed by atoms with Crippen molar-refractivity contribution in [2.45, 2.75) is 31.2 Å². The van der Waals surface area contributed by atoms with Gasteiger partial charge in [0, 0.05) is 30.2 Å². The van der Waals surface area contributed by atoms with Crippen molar-refractivity contribution in [3.05, 3.63) is 45.7 Å². The van der Waals surface area contributed by atoms with Gasteiger partial charge in [-0.2, -0.15) is 5.10 Å². The molecule has 21 heavy (non-hydrogen) atoms. The Bertz CT molecular complexity index is 610. The Balaban J connectivity index is 2.00. The highest BCUT2D eigenvalue weighted by Gasteiger charge is 2.16. The van der Waals surface area contributed by atoms with Gasteiger partial charge in [-0.3, -0.25) is 4.68 Å². The summed E-state index contributed by atoms with van der Waals surface area (Å²) in [4.78, 5) is 1.33. The largest absolute Gasteiger partial charge is 0.316 e. The molecular weight excluding hydrogens is 346 g/mol. The van der Waals surface area contributed by atoms with E-state index in [1.807, 2.05) is 37.5 Å². The Morgan fingerprint density at radius 1 is 1.38 bits per heavy atom.